The van der Waals surface area contributed by atoms with E-state index < -0.39 is 0 Å². The number of aryl methyl sites for hydroxylation is 1. The van der Waals surface area contributed by atoms with E-state index in [0.717, 1.165) is 24.6 Å². The first kappa shape index (κ1) is 14.5. The van der Waals surface area contributed by atoms with Crippen molar-refractivity contribution in [3.05, 3.63) is 35.9 Å². The third-order valence-electron chi connectivity index (χ3n) is 3.91. The van der Waals surface area contributed by atoms with E-state index >= 15 is 0 Å². The van der Waals surface area contributed by atoms with Crippen LogP contribution in [0.5, 0.6) is 5.75 Å². The molecule has 0 saturated heterocycles. The van der Waals surface area contributed by atoms with E-state index in [2.05, 4.69) is 37.3 Å². The molecule has 0 aliphatic heterocycles. The molecular formula is C16H23NOS. The zero-order chi connectivity index (χ0) is 13.8. The summed E-state index contributed by atoms with van der Waals surface area (Å²) in [6.45, 7) is 9.55. The molecule has 1 fully saturated rings. The molecule has 0 spiro atoms. The summed E-state index contributed by atoms with van der Waals surface area (Å²) in [6, 6.07) is 6.28. The van der Waals surface area contributed by atoms with E-state index in [9.17, 15) is 0 Å². The van der Waals surface area contributed by atoms with Crippen LogP contribution in [0.4, 0.5) is 0 Å². The van der Waals surface area contributed by atoms with Crippen molar-refractivity contribution in [3.63, 3.8) is 0 Å². The lowest BCUT2D eigenvalue weighted by molar-refractivity contribution is 0.413. The number of methoxy groups -OCH3 is 1. The van der Waals surface area contributed by atoms with Gasteiger partial charge in [-0.25, -0.2) is 0 Å². The Morgan fingerprint density at radius 1 is 1.32 bits per heavy atom. The van der Waals surface area contributed by atoms with Gasteiger partial charge in [0.1, 0.15) is 5.75 Å². The van der Waals surface area contributed by atoms with Crippen molar-refractivity contribution in [2.75, 3.05) is 13.7 Å². The fourth-order valence-electron chi connectivity index (χ4n) is 2.52. The standard InChI is InChI=1S/C16H23NOS/c1-5-12-7-8-13(18-4)9-16(12)19-17-10-15-11(3)14(15)6-2/h7-9,14-15,17H,3,5-6,10H2,1-2,4H3. The third-order valence-corrected chi connectivity index (χ3v) is 4.82. The molecule has 1 aromatic carbocycles. The van der Waals surface area contributed by atoms with Crippen molar-refractivity contribution in [3.8, 4) is 5.75 Å². The van der Waals surface area contributed by atoms with Crippen LogP contribution in [0.1, 0.15) is 25.8 Å². The summed E-state index contributed by atoms with van der Waals surface area (Å²) in [5.74, 6) is 2.33. The lowest BCUT2D eigenvalue weighted by atomic mass is 10.2. The highest BCUT2D eigenvalue weighted by Crippen LogP contribution is 2.46. The fraction of sp³-hybridized carbons (Fsp3) is 0.500. The lowest BCUT2D eigenvalue weighted by Gasteiger charge is -2.10. The Balaban J connectivity index is 1.90. The molecule has 0 bridgehead atoms. The molecule has 0 aromatic heterocycles. The number of benzene rings is 1. The minimum Gasteiger partial charge on any atom is -0.497 e. The molecule has 0 heterocycles. The highest BCUT2D eigenvalue weighted by Gasteiger charge is 2.39. The van der Waals surface area contributed by atoms with Crippen molar-refractivity contribution in [2.24, 2.45) is 11.8 Å². The number of rotatable bonds is 7. The van der Waals surface area contributed by atoms with Crippen LogP contribution in [0, 0.1) is 11.8 Å². The van der Waals surface area contributed by atoms with Crippen LogP contribution in [0.3, 0.4) is 0 Å². The van der Waals surface area contributed by atoms with E-state index in [4.69, 9.17) is 4.74 Å². The van der Waals surface area contributed by atoms with Crippen LogP contribution < -0.4 is 9.46 Å². The first-order chi connectivity index (χ1) is 9.21. The highest BCUT2D eigenvalue weighted by atomic mass is 32.2. The average Bonchev–Trinajstić information content (AvgIpc) is 3.07. The normalized spacial score (nSPS) is 21.5. The van der Waals surface area contributed by atoms with Crippen LogP contribution in [-0.4, -0.2) is 13.7 Å². The summed E-state index contributed by atoms with van der Waals surface area (Å²) in [7, 11) is 1.71. The van der Waals surface area contributed by atoms with Crippen LogP contribution in [0.15, 0.2) is 35.2 Å². The Kier molecular flexibility index (Phi) is 4.94. The first-order valence-electron chi connectivity index (χ1n) is 6.96. The maximum absolute atomic E-state index is 5.29. The van der Waals surface area contributed by atoms with E-state index in [1.165, 1.54) is 22.5 Å². The lowest BCUT2D eigenvalue weighted by Crippen LogP contribution is -2.09. The first-order valence-corrected chi connectivity index (χ1v) is 7.78. The van der Waals surface area contributed by atoms with Gasteiger partial charge in [-0.15, -0.1) is 0 Å². The van der Waals surface area contributed by atoms with E-state index in [1.54, 1.807) is 19.1 Å². The van der Waals surface area contributed by atoms with Crippen molar-refractivity contribution in [2.45, 2.75) is 31.6 Å². The molecule has 104 valence electrons. The van der Waals surface area contributed by atoms with Crippen LogP contribution in [-0.2, 0) is 6.42 Å². The smallest absolute Gasteiger partial charge is 0.120 e. The molecule has 1 aliphatic rings. The SMILES string of the molecule is C=C1C(CC)C1CNSc1cc(OC)ccc1CC. The summed E-state index contributed by atoms with van der Waals surface area (Å²) >= 11 is 1.71. The zero-order valence-corrected chi connectivity index (χ0v) is 12.8. The third kappa shape index (κ3) is 3.34. The maximum Gasteiger partial charge on any atom is 0.120 e. The second kappa shape index (κ2) is 6.49. The monoisotopic (exact) mass is 277 g/mol. The minimum absolute atomic E-state index is 0.674. The number of hydrogen-bond donors (Lipinski definition) is 1. The zero-order valence-electron chi connectivity index (χ0n) is 12.0. The second-order valence-electron chi connectivity index (χ2n) is 4.97. The number of ether oxygens (including phenoxy) is 1. The summed E-state index contributed by atoms with van der Waals surface area (Å²) in [5, 5.41) is 0. The Labute approximate surface area is 120 Å². The van der Waals surface area contributed by atoms with E-state index in [-0.39, 0.29) is 0 Å². The van der Waals surface area contributed by atoms with Crippen molar-refractivity contribution in [1.82, 2.24) is 4.72 Å². The fourth-order valence-corrected chi connectivity index (χ4v) is 3.46. The number of hydrogen-bond acceptors (Lipinski definition) is 3. The molecule has 1 N–H and O–H groups in total. The minimum atomic E-state index is 0.674. The molecule has 0 amide bonds. The average molecular weight is 277 g/mol. The predicted molar refractivity (Wildman–Crippen MR) is 82.6 cm³/mol. The van der Waals surface area contributed by atoms with Gasteiger partial charge in [-0.05, 0) is 54.3 Å². The molecular weight excluding hydrogens is 254 g/mol. The molecule has 1 saturated carbocycles. The Hall–Kier alpha value is -0.930. The largest absolute Gasteiger partial charge is 0.497 e. The summed E-state index contributed by atoms with van der Waals surface area (Å²) < 4.78 is 8.78. The van der Waals surface area contributed by atoms with Crippen LogP contribution in [0.25, 0.3) is 0 Å². The van der Waals surface area contributed by atoms with E-state index in [1.807, 2.05) is 6.07 Å². The molecule has 2 atom stereocenters. The van der Waals surface area contributed by atoms with Gasteiger partial charge in [-0.3, -0.25) is 4.72 Å². The molecule has 2 unspecified atom stereocenters. The van der Waals surface area contributed by atoms with Crippen molar-refractivity contribution < 1.29 is 4.74 Å². The van der Waals surface area contributed by atoms with Crippen LogP contribution in [0.2, 0.25) is 0 Å². The van der Waals surface area contributed by atoms with Crippen LogP contribution >= 0.6 is 11.9 Å². The van der Waals surface area contributed by atoms with Gasteiger partial charge in [-0.1, -0.05) is 32.1 Å². The predicted octanol–water partition coefficient (Wildman–Crippen LogP) is 4.07. The Morgan fingerprint density at radius 3 is 2.68 bits per heavy atom. The van der Waals surface area contributed by atoms with Gasteiger partial charge in [0, 0.05) is 11.4 Å². The van der Waals surface area contributed by atoms with Crippen molar-refractivity contribution >= 4 is 11.9 Å². The van der Waals surface area contributed by atoms with Gasteiger partial charge in [0.05, 0.1) is 7.11 Å². The molecule has 2 nitrogen and oxygen atoms in total. The highest BCUT2D eigenvalue weighted by molar-refractivity contribution is 7.97. The Morgan fingerprint density at radius 2 is 2.11 bits per heavy atom. The topological polar surface area (TPSA) is 21.3 Å². The summed E-state index contributed by atoms with van der Waals surface area (Å²) in [6.07, 6.45) is 2.26. The van der Waals surface area contributed by atoms with E-state index in [0.29, 0.717) is 5.92 Å². The van der Waals surface area contributed by atoms with Gasteiger partial charge in [0.2, 0.25) is 0 Å². The molecule has 1 aromatic rings. The summed E-state index contributed by atoms with van der Waals surface area (Å²) in [4.78, 5) is 1.26. The van der Waals surface area contributed by atoms with Gasteiger partial charge in [0.15, 0.2) is 0 Å². The van der Waals surface area contributed by atoms with Crippen molar-refractivity contribution in [1.29, 1.82) is 0 Å². The van der Waals surface area contributed by atoms with Gasteiger partial charge in [0.25, 0.3) is 0 Å². The Bertz CT molecular complexity index is 458. The maximum atomic E-state index is 5.29. The molecule has 1 aliphatic carbocycles. The second-order valence-corrected chi connectivity index (χ2v) is 5.91. The molecule has 3 heteroatoms. The quantitative estimate of drug-likeness (QED) is 0.600. The molecule has 19 heavy (non-hydrogen) atoms. The van der Waals surface area contributed by atoms with Gasteiger partial charge >= 0.3 is 0 Å². The molecule has 0 radical (unpaired) electrons. The summed E-state index contributed by atoms with van der Waals surface area (Å²) in [5.41, 5.74) is 2.77. The number of nitrogens with one attached hydrogen (secondary N) is 1. The van der Waals surface area contributed by atoms with Gasteiger partial charge < -0.3 is 4.74 Å². The van der Waals surface area contributed by atoms with Gasteiger partial charge in [-0.2, -0.15) is 0 Å². The molecule has 2 rings (SSSR count).